The van der Waals surface area contributed by atoms with Crippen molar-refractivity contribution in [2.75, 3.05) is 20.1 Å². The summed E-state index contributed by atoms with van der Waals surface area (Å²) in [6.45, 7) is 6.41. The molecule has 0 amide bonds. The molecule has 0 bridgehead atoms. The van der Waals surface area contributed by atoms with Crippen molar-refractivity contribution < 1.29 is 0 Å². The average Bonchev–Trinajstić information content (AvgIpc) is 3.00. The maximum Gasteiger partial charge on any atom is 0.0409 e. The smallest absolute Gasteiger partial charge is 0.0409 e. The molecule has 4 heteroatoms. The maximum atomic E-state index is 6.07. The summed E-state index contributed by atoms with van der Waals surface area (Å²) >= 11 is 7.87. The van der Waals surface area contributed by atoms with E-state index in [1.807, 2.05) is 18.2 Å². The van der Waals surface area contributed by atoms with Gasteiger partial charge in [0.05, 0.1) is 0 Å². The number of benzene rings is 1. The van der Waals surface area contributed by atoms with Crippen LogP contribution in [-0.4, -0.2) is 25.0 Å². The zero-order valence-corrected chi connectivity index (χ0v) is 14.4. The molecule has 0 saturated carbocycles. The lowest BCUT2D eigenvalue weighted by molar-refractivity contribution is 0.258. The van der Waals surface area contributed by atoms with Crippen LogP contribution in [0, 0.1) is 0 Å². The SMILES string of the molecule is CC(NCCN(C)C(C)c1cccc(Cl)c1)c1cccs1. The van der Waals surface area contributed by atoms with E-state index in [1.54, 1.807) is 11.3 Å². The predicted octanol–water partition coefficient (Wildman–Crippen LogP) is 4.75. The van der Waals surface area contributed by atoms with Crippen LogP contribution in [0.4, 0.5) is 0 Å². The molecule has 0 saturated heterocycles. The van der Waals surface area contributed by atoms with Crippen molar-refractivity contribution in [3.63, 3.8) is 0 Å². The molecule has 114 valence electrons. The van der Waals surface area contributed by atoms with Crippen molar-refractivity contribution in [3.05, 3.63) is 57.2 Å². The van der Waals surface area contributed by atoms with Gasteiger partial charge in [0.2, 0.25) is 0 Å². The lowest BCUT2D eigenvalue weighted by Gasteiger charge is -2.26. The minimum Gasteiger partial charge on any atom is -0.308 e. The number of hydrogen-bond acceptors (Lipinski definition) is 3. The molecule has 2 rings (SSSR count). The van der Waals surface area contributed by atoms with Gasteiger partial charge in [-0.05, 0) is 50.0 Å². The lowest BCUT2D eigenvalue weighted by Crippen LogP contribution is -2.32. The van der Waals surface area contributed by atoms with Gasteiger partial charge in [-0.15, -0.1) is 11.3 Å². The number of halogens is 1. The Balaban J connectivity index is 1.80. The van der Waals surface area contributed by atoms with Crippen molar-refractivity contribution in [1.82, 2.24) is 10.2 Å². The minimum atomic E-state index is 0.363. The van der Waals surface area contributed by atoms with E-state index < -0.39 is 0 Å². The molecule has 2 atom stereocenters. The molecule has 1 aromatic carbocycles. The molecular weight excluding hydrogens is 300 g/mol. The van der Waals surface area contributed by atoms with E-state index in [2.05, 4.69) is 54.7 Å². The molecule has 2 unspecified atom stereocenters. The topological polar surface area (TPSA) is 15.3 Å². The normalized spacial score (nSPS) is 14.3. The van der Waals surface area contributed by atoms with E-state index in [-0.39, 0.29) is 0 Å². The second-order valence-corrected chi connectivity index (χ2v) is 6.82. The van der Waals surface area contributed by atoms with Gasteiger partial charge in [0.15, 0.2) is 0 Å². The molecule has 0 aliphatic heterocycles. The van der Waals surface area contributed by atoms with E-state index in [0.717, 1.165) is 18.1 Å². The van der Waals surface area contributed by atoms with Crippen LogP contribution in [0.5, 0.6) is 0 Å². The average molecular weight is 323 g/mol. The van der Waals surface area contributed by atoms with Crippen LogP contribution in [0.2, 0.25) is 5.02 Å². The molecule has 0 aliphatic carbocycles. The summed E-state index contributed by atoms with van der Waals surface area (Å²) < 4.78 is 0. The van der Waals surface area contributed by atoms with Crippen molar-refractivity contribution >= 4 is 22.9 Å². The Labute approximate surface area is 136 Å². The van der Waals surface area contributed by atoms with Crippen LogP contribution < -0.4 is 5.32 Å². The van der Waals surface area contributed by atoms with E-state index >= 15 is 0 Å². The molecule has 1 heterocycles. The highest BCUT2D eigenvalue weighted by Gasteiger charge is 2.12. The highest BCUT2D eigenvalue weighted by molar-refractivity contribution is 7.10. The summed E-state index contributed by atoms with van der Waals surface area (Å²) in [6, 6.07) is 13.2. The first-order valence-corrected chi connectivity index (χ1v) is 8.56. The molecule has 1 aromatic heterocycles. The van der Waals surface area contributed by atoms with E-state index in [0.29, 0.717) is 12.1 Å². The van der Waals surface area contributed by atoms with Gasteiger partial charge in [0, 0.05) is 35.1 Å². The lowest BCUT2D eigenvalue weighted by atomic mass is 10.1. The third-order valence-electron chi connectivity index (χ3n) is 3.88. The second-order valence-electron chi connectivity index (χ2n) is 5.40. The first-order valence-electron chi connectivity index (χ1n) is 7.30. The van der Waals surface area contributed by atoms with E-state index in [1.165, 1.54) is 10.4 Å². The first-order chi connectivity index (χ1) is 10.1. The Hall–Kier alpha value is -0.870. The number of hydrogen-bond donors (Lipinski definition) is 1. The quantitative estimate of drug-likeness (QED) is 0.791. The molecule has 0 fully saturated rings. The maximum absolute atomic E-state index is 6.07. The molecule has 2 nitrogen and oxygen atoms in total. The molecule has 0 spiro atoms. The third kappa shape index (κ3) is 4.82. The second kappa shape index (κ2) is 7.95. The number of nitrogens with one attached hydrogen (secondary N) is 1. The fraction of sp³-hybridized carbons (Fsp3) is 0.412. The number of nitrogens with zero attached hydrogens (tertiary/aromatic N) is 1. The first kappa shape index (κ1) is 16.5. The summed E-state index contributed by atoms with van der Waals surface area (Å²) in [5.41, 5.74) is 1.26. The van der Waals surface area contributed by atoms with Crippen LogP contribution in [0.1, 0.15) is 36.4 Å². The minimum absolute atomic E-state index is 0.363. The monoisotopic (exact) mass is 322 g/mol. The van der Waals surface area contributed by atoms with Gasteiger partial charge in [-0.25, -0.2) is 0 Å². The van der Waals surface area contributed by atoms with Crippen LogP contribution in [0.15, 0.2) is 41.8 Å². The Kier molecular flexibility index (Phi) is 6.24. The highest BCUT2D eigenvalue weighted by atomic mass is 35.5. The van der Waals surface area contributed by atoms with Crippen molar-refractivity contribution in [2.24, 2.45) is 0 Å². The zero-order valence-electron chi connectivity index (χ0n) is 12.8. The van der Waals surface area contributed by atoms with Gasteiger partial charge in [0.25, 0.3) is 0 Å². The molecule has 0 aliphatic rings. The van der Waals surface area contributed by atoms with Gasteiger partial charge in [-0.2, -0.15) is 0 Å². The Bertz CT molecular complexity index is 541. The summed E-state index contributed by atoms with van der Waals surface area (Å²) in [5.74, 6) is 0. The predicted molar refractivity (Wildman–Crippen MR) is 93.2 cm³/mol. The zero-order chi connectivity index (χ0) is 15.2. The molecule has 21 heavy (non-hydrogen) atoms. The van der Waals surface area contributed by atoms with Crippen molar-refractivity contribution in [3.8, 4) is 0 Å². The van der Waals surface area contributed by atoms with Crippen molar-refractivity contribution in [1.29, 1.82) is 0 Å². The summed E-state index contributed by atoms with van der Waals surface area (Å²) in [5, 5.41) is 6.51. The van der Waals surface area contributed by atoms with Gasteiger partial charge in [0.1, 0.15) is 0 Å². The largest absolute Gasteiger partial charge is 0.308 e. The van der Waals surface area contributed by atoms with Crippen LogP contribution in [0.25, 0.3) is 0 Å². The van der Waals surface area contributed by atoms with E-state index in [4.69, 9.17) is 11.6 Å². The van der Waals surface area contributed by atoms with Crippen LogP contribution in [-0.2, 0) is 0 Å². The standard InChI is InChI=1S/C17H23ClN2S/c1-13(17-8-5-11-21-17)19-9-10-20(3)14(2)15-6-4-7-16(18)12-15/h4-8,11-14,19H,9-10H2,1-3H3. The fourth-order valence-corrected chi connectivity index (χ4v) is 3.27. The van der Waals surface area contributed by atoms with Gasteiger partial charge in [-0.1, -0.05) is 29.8 Å². The van der Waals surface area contributed by atoms with E-state index in [9.17, 15) is 0 Å². The van der Waals surface area contributed by atoms with Gasteiger partial charge in [-0.3, -0.25) is 4.90 Å². The molecule has 1 N–H and O–H groups in total. The highest BCUT2D eigenvalue weighted by Crippen LogP contribution is 2.22. The molecular formula is C17H23ClN2S. The number of thiophene rings is 1. The summed E-state index contributed by atoms with van der Waals surface area (Å²) in [4.78, 5) is 3.74. The van der Waals surface area contributed by atoms with Gasteiger partial charge < -0.3 is 5.32 Å². The molecule has 0 radical (unpaired) electrons. The Morgan fingerprint density at radius 2 is 2.05 bits per heavy atom. The number of likely N-dealkylation sites (N-methyl/N-ethyl adjacent to an activating group) is 1. The van der Waals surface area contributed by atoms with Crippen LogP contribution in [0.3, 0.4) is 0 Å². The Morgan fingerprint density at radius 3 is 2.71 bits per heavy atom. The van der Waals surface area contributed by atoms with Crippen LogP contribution >= 0.6 is 22.9 Å². The van der Waals surface area contributed by atoms with Gasteiger partial charge >= 0.3 is 0 Å². The third-order valence-corrected chi connectivity index (χ3v) is 5.17. The number of rotatable bonds is 7. The van der Waals surface area contributed by atoms with Crippen molar-refractivity contribution in [2.45, 2.75) is 25.9 Å². The Morgan fingerprint density at radius 1 is 1.24 bits per heavy atom. The fourth-order valence-electron chi connectivity index (χ4n) is 2.31. The molecule has 2 aromatic rings. The summed E-state index contributed by atoms with van der Waals surface area (Å²) in [6.07, 6.45) is 0. The summed E-state index contributed by atoms with van der Waals surface area (Å²) in [7, 11) is 2.16.